The zero-order valence-electron chi connectivity index (χ0n) is 21.1. The molecule has 3 aromatic carbocycles. The van der Waals surface area contributed by atoms with Gasteiger partial charge in [0.25, 0.3) is 11.6 Å². The number of nitro groups is 1. The number of benzene rings is 3. The summed E-state index contributed by atoms with van der Waals surface area (Å²) in [6.07, 6.45) is 1.95. The highest BCUT2D eigenvalue weighted by Crippen LogP contribution is 2.42. The van der Waals surface area contributed by atoms with Crippen molar-refractivity contribution >= 4 is 46.4 Å². The predicted molar refractivity (Wildman–Crippen MR) is 151 cm³/mol. The Balaban J connectivity index is 1.56. The molecule has 0 unspecified atom stereocenters. The molecule has 1 aromatic heterocycles. The van der Waals surface area contributed by atoms with E-state index in [4.69, 9.17) is 23.2 Å². The summed E-state index contributed by atoms with van der Waals surface area (Å²) in [7, 11) is 0. The molecule has 0 radical (unpaired) electrons. The second-order valence-corrected chi connectivity index (χ2v) is 10.3. The summed E-state index contributed by atoms with van der Waals surface area (Å²) in [4.78, 5) is 41.6. The number of nitro benzene ring substituents is 1. The van der Waals surface area contributed by atoms with Crippen LogP contribution in [-0.4, -0.2) is 38.8 Å². The molecular weight excluding hydrogens is 539 g/mol. The zero-order chi connectivity index (χ0) is 27.8. The quantitative estimate of drug-likeness (QED) is 0.193. The first kappa shape index (κ1) is 26.5. The van der Waals surface area contributed by atoms with Gasteiger partial charge in [-0.1, -0.05) is 47.5 Å². The highest BCUT2D eigenvalue weighted by atomic mass is 35.5. The van der Waals surface area contributed by atoms with Crippen LogP contribution in [0.3, 0.4) is 0 Å². The molecule has 5 rings (SSSR count). The Morgan fingerprint density at radius 2 is 1.72 bits per heavy atom. The molecule has 1 aliphatic rings. The van der Waals surface area contributed by atoms with Crippen molar-refractivity contribution in [2.75, 3.05) is 11.4 Å². The lowest BCUT2D eigenvalue weighted by Gasteiger charge is -2.40. The molecule has 8 nitrogen and oxygen atoms in total. The fourth-order valence-corrected chi connectivity index (χ4v) is 5.30. The van der Waals surface area contributed by atoms with Crippen LogP contribution in [0.25, 0.3) is 5.69 Å². The third kappa shape index (κ3) is 4.89. The van der Waals surface area contributed by atoms with Crippen LogP contribution in [-0.2, 0) is 4.79 Å². The summed E-state index contributed by atoms with van der Waals surface area (Å²) in [6.45, 7) is 3.33. The van der Waals surface area contributed by atoms with Gasteiger partial charge >= 0.3 is 0 Å². The van der Waals surface area contributed by atoms with Crippen LogP contribution < -0.4 is 4.90 Å². The molecule has 0 N–H and O–H groups in total. The van der Waals surface area contributed by atoms with Gasteiger partial charge in [-0.15, -0.1) is 0 Å². The van der Waals surface area contributed by atoms with Crippen molar-refractivity contribution in [3.8, 4) is 5.69 Å². The molecule has 2 amide bonds. The van der Waals surface area contributed by atoms with Crippen molar-refractivity contribution in [3.63, 3.8) is 0 Å². The summed E-state index contributed by atoms with van der Waals surface area (Å²) in [6, 6.07) is 21.8. The maximum absolute atomic E-state index is 14.2. The third-order valence-electron chi connectivity index (χ3n) is 6.73. The average Bonchev–Trinajstić information content (AvgIpc) is 3.40. The van der Waals surface area contributed by atoms with E-state index in [1.807, 2.05) is 65.4 Å². The van der Waals surface area contributed by atoms with E-state index >= 15 is 0 Å². The number of halogens is 2. The lowest BCUT2D eigenvalue weighted by atomic mass is 9.97. The Bertz CT molecular complexity index is 1600. The highest BCUT2D eigenvalue weighted by molar-refractivity contribution is 6.32. The first-order valence-electron chi connectivity index (χ1n) is 12.3. The first-order chi connectivity index (χ1) is 18.7. The summed E-state index contributed by atoms with van der Waals surface area (Å²) >= 11 is 12.3. The van der Waals surface area contributed by atoms with Crippen LogP contribution >= 0.6 is 23.2 Å². The van der Waals surface area contributed by atoms with Gasteiger partial charge in [0.2, 0.25) is 5.91 Å². The van der Waals surface area contributed by atoms with Crippen molar-refractivity contribution in [1.82, 2.24) is 9.47 Å². The van der Waals surface area contributed by atoms with Gasteiger partial charge in [0.1, 0.15) is 17.6 Å². The van der Waals surface area contributed by atoms with Gasteiger partial charge in [0.05, 0.1) is 22.0 Å². The monoisotopic (exact) mass is 562 g/mol. The molecule has 198 valence electrons. The number of anilines is 1. The molecule has 0 aliphatic carbocycles. The molecule has 39 heavy (non-hydrogen) atoms. The number of carbonyl (C=O) groups is 2. The Kier molecular flexibility index (Phi) is 7.16. The van der Waals surface area contributed by atoms with E-state index in [1.54, 1.807) is 24.8 Å². The molecule has 1 atom stereocenters. The van der Waals surface area contributed by atoms with E-state index in [1.165, 1.54) is 17.0 Å². The summed E-state index contributed by atoms with van der Waals surface area (Å²) in [5.74, 6) is -0.823. The summed E-state index contributed by atoms with van der Waals surface area (Å²) in [5.41, 5.74) is 2.92. The number of carbonyl (C=O) groups excluding carboxylic acids is 2. The van der Waals surface area contributed by atoms with Gasteiger partial charge in [-0.3, -0.25) is 24.6 Å². The van der Waals surface area contributed by atoms with E-state index in [-0.39, 0.29) is 34.8 Å². The number of fused-ring (bicyclic) bond motifs is 3. The van der Waals surface area contributed by atoms with Crippen LogP contribution in [0.1, 0.15) is 41.5 Å². The van der Waals surface area contributed by atoms with Crippen molar-refractivity contribution in [2.45, 2.75) is 25.9 Å². The highest BCUT2D eigenvalue weighted by Gasteiger charge is 2.37. The number of hydrogen-bond donors (Lipinski definition) is 0. The molecular formula is C29H24Cl2N4O4. The van der Waals surface area contributed by atoms with Crippen molar-refractivity contribution < 1.29 is 14.5 Å². The lowest BCUT2D eigenvalue weighted by Crippen LogP contribution is -2.48. The number of para-hydroxylation sites is 2. The Morgan fingerprint density at radius 1 is 0.974 bits per heavy atom. The summed E-state index contributed by atoms with van der Waals surface area (Å²) < 4.78 is 2.04. The van der Waals surface area contributed by atoms with Crippen LogP contribution in [0.4, 0.5) is 11.4 Å². The fourth-order valence-electron chi connectivity index (χ4n) is 4.92. The molecule has 4 aromatic rings. The van der Waals surface area contributed by atoms with Crippen LogP contribution in [0.5, 0.6) is 0 Å². The Hall–Kier alpha value is -4.14. The fraction of sp³-hybridized carbons (Fsp3) is 0.172. The van der Waals surface area contributed by atoms with Crippen LogP contribution in [0.15, 0.2) is 85.1 Å². The molecule has 1 aliphatic heterocycles. The number of aromatic nitrogens is 1. The van der Waals surface area contributed by atoms with Crippen molar-refractivity contribution in [3.05, 3.63) is 122 Å². The van der Waals surface area contributed by atoms with Gasteiger partial charge < -0.3 is 9.47 Å². The first-order valence-corrected chi connectivity index (χ1v) is 13.0. The molecule has 10 heteroatoms. The van der Waals surface area contributed by atoms with E-state index in [0.717, 1.165) is 23.0 Å². The second-order valence-electron chi connectivity index (χ2n) is 9.46. The molecule has 0 saturated carbocycles. The maximum atomic E-state index is 14.2. The van der Waals surface area contributed by atoms with Crippen LogP contribution in [0.2, 0.25) is 10.0 Å². The summed E-state index contributed by atoms with van der Waals surface area (Å²) in [5, 5.41) is 11.9. The number of hydrogen-bond acceptors (Lipinski definition) is 4. The average molecular weight is 563 g/mol. The van der Waals surface area contributed by atoms with Gasteiger partial charge in [-0.05, 0) is 67.9 Å². The smallest absolute Gasteiger partial charge is 0.288 e. The van der Waals surface area contributed by atoms with E-state index in [2.05, 4.69) is 0 Å². The Morgan fingerprint density at radius 3 is 2.41 bits per heavy atom. The number of nitrogens with zero attached hydrogens (tertiary/aromatic N) is 4. The lowest BCUT2D eigenvalue weighted by molar-refractivity contribution is -0.384. The largest absolute Gasteiger partial charge is 0.327 e. The maximum Gasteiger partial charge on any atom is 0.288 e. The standard InChI is InChI=1S/C29H24Cl2N4O4/c1-18(2)33(29(37)20-12-13-22(31)26(16-20)35(38)39)17-27(36)34-24-10-4-3-9-23(24)32-14-6-11-25(32)28(34)19-7-5-8-21(30)15-19/h3-16,18,28H,17H2,1-2H3/t28-/m1/s1. The molecule has 0 spiro atoms. The predicted octanol–water partition coefficient (Wildman–Crippen LogP) is 6.68. The minimum absolute atomic E-state index is 0.0685. The topological polar surface area (TPSA) is 88.7 Å². The van der Waals surface area contributed by atoms with E-state index in [0.29, 0.717) is 10.7 Å². The third-order valence-corrected chi connectivity index (χ3v) is 7.29. The minimum Gasteiger partial charge on any atom is -0.327 e. The SMILES string of the molecule is CC(C)N(CC(=O)N1c2ccccc2-n2cccc2[C@H]1c1cccc(Cl)c1)C(=O)c1ccc(Cl)c([N+](=O)[O-])c1. The number of rotatable bonds is 6. The van der Waals surface area contributed by atoms with Gasteiger partial charge in [-0.2, -0.15) is 0 Å². The number of amides is 2. The van der Waals surface area contributed by atoms with Gasteiger partial charge in [0.15, 0.2) is 0 Å². The second kappa shape index (κ2) is 10.6. The molecule has 2 heterocycles. The van der Waals surface area contributed by atoms with Crippen molar-refractivity contribution in [1.29, 1.82) is 0 Å². The van der Waals surface area contributed by atoms with Crippen LogP contribution in [0, 0.1) is 10.1 Å². The Labute approximate surface area is 235 Å². The van der Waals surface area contributed by atoms with Gasteiger partial charge in [0, 0.05) is 28.9 Å². The van der Waals surface area contributed by atoms with E-state index < -0.39 is 16.9 Å². The van der Waals surface area contributed by atoms with Crippen molar-refractivity contribution in [2.24, 2.45) is 0 Å². The molecule has 0 saturated heterocycles. The van der Waals surface area contributed by atoms with E-state index in [9.17, 15) is 19.7 Å². The molecule has 0 fully saturated rings. The zero-order valence-corrected chi connectivity index (χ0v) is 22.6. The molecule has 0 bridgehead atoms. The van der Waals surface area contributed by atoms with Gasteiger partial charge in [-0.25, -0.2) is 0 Å². The minimum atomic E-state index is -0.640. The normalized spacial score (nSPS) is 14.1.